The predicted molar refractivity (Wildman–Crippen MR) is 112 cm³/mol. The number of nitrogens with zero attached hydrogens (tertiary/aromatic N) is 1. The Hall–Kier alpha value is -2.45. The maximum absolute atomic E-state index is 15.4. The van der Waals surface area contributed by atoms with Gasteiger partial charge in [-0.25, -0.2) is 9.18 Å². The van der Waals surface area contributed by atoms with Crippen LogP contribution in [0, 0.1) is 12.7 Å². The Morgan fingerprint density at radius 1 is 1.34 bits per heavy atom. The summed E-state index contributed by atoms with van der Waals surface area (Å²) in [5.41, 5.74) is 7.16. The number of benzene rings is 1. The number of hydrogen-bond donors (Lipinski definition) is 3. The van der Waals surface area contributed by atoms with Crippen LogP contribution in [0.4, 0.5) is 10.1 Å². The number of nitrogen functional groups attached to an aromatic ring is 1. The molecule has 1 fully saturated rings. The average molecular weight is 415 g/mol. The van der Waals surface area contributed by atoms with Crippen LogP contribution in [-0.2, 0) is 6.42 Å². The zero-order valence-electron chi connectivity index (χ0n) is 16.0. The first-order valence-corrected chi connectivity index (χ1v) is 10.7. The van der Waals surface area contributed by atoms with Gasteiger partial charge in [-0.3, -0.25) is 14.3 Å². The van der Waals surface area contributed by atoms with Gasteiger partial charge < -0.3 is 10.8 Å². The third kappa shape index (κ3) is 2.69. The molecule has 2 aliphatic carbocycles. The highest BCUT2D eigenvalue weighted by Gasteiger charge is 2.31. The van der Waals surface area contributed by atoms with Crippen LogP contribution in [0.15, 0.2) is 15.7 Å². The Bertz CT molecular complexity index is 1270. The van der Waals surface area contributed by atoms with Crippen LogP contribution >= 0.6 is 11.3 Å². The molecule has 29 heavy (non-hydrogen) atoms. The number of aromatic nitrogens is 2. The maximum atomic E-state index is 15.4. The summed E-state index contributed by atoms with van der Waals surface area (Å²) in [6.07, 6.45) is 4.51. The van der Waals surface area contributed by atoms with Crippen LogP contribution in [0.2, 0.25) is 0 Å². The van der Waals surface area contributed by atoms with E-state index in [4.69, 9.17) is 5.73 Å². The first-order chi connectivity index (χ1) is 13.9. The fraction of sp³-hybridized carbons (Fsp3) is 0.429. The second-order valence-corrected chi connectivity index (χ2v) is 9.21. The lowest BCUT2D eigenvalue weighted by atomic mass is 9.88. The Morgan fingerprint density at radius 2 is 2.10 bits per heavy atom. The van der Waals surface area contributed by atoms with Crippen molar-refractivity contribution in [2.24, 2.45) is 0 Å². The van der Waals surface area contributed by atoms with E-state index >= 15 is 4.39 Å². The summed E-state index contributed by atoms with van der Waals surface area (Å²) in [4.78, 5) is 29.2. The van der Waals surface area contributed by atoms with E-state index in [2.05, 4.69) is 4.98 Å². The van der Waals surface area contributed by atoms with Crippen molar-refractivity contribution >= 4 is 27.9 Å². The summed E-state index contributed by atoms with van der Waals surface area (Å²) in [7, 11) is 0. The summed E-state index contributed by atoms with van der Waals surface area (Å²) >= 11 is 1.51. The van der Waals surface area contributed by atoms with Crippen molar-refractivity contribution in [3.63, 3.8) is 0 Å². The molecule has 6 nitrogen and oxygen atoms in total. The minimum absolute atomic E-state index is 0.00794. The van der Waals surface area contributed by atoms with Crippen molar-refractivity contribution in [1.29, 1.82) is 0 Å². The lowest BCUT2D eigenvalue weighted by molar-refractivity contribution is 0.253. The van der Waals surface area contributed by atoms with Gasteiger partial charge in [0.05, 0.1) is 16.6 Å². The third-order valence-electron chi connectivity index (χ3n) is 6.22. The van der Waals surface area contributed by atoms with Gasteiger partial charge in [-0.1, -0.05) is 0 Å². The number of hydrogen-bond acceptors (Lipinski definition) is 5. The van der Waals surface area contributed by atoms with Crippen LogP contribution in [0.1, 0.15) is 53.6 Å². The second-order valence-electron chi connectivity index (χ2n) is 8.07. The summed E-state index contributed by atoms with van der Waals surface area (Å²) in [6, 6.07) is 1.96. The zero-order valence-corrected chi connectivity index (χ0v) is 16.9. The summed E-state index contributed by atoms with van der Waals surface area (Å²) in [5, 5.41) is 9.76. The number of H-pyrrole nitrogens is 1. The Balaban J connectivity index is 1.84. The van der Waals surface area contributed by atoms with Gasteiger partial charge in [0.15, 0.2) is 5.82 Å². The Morgan fingerprint density at radius 3 is 2.79 bits per heavy atom. The minimum atomic E-state index is -0.654. The van der Waals surface area contributed by atoms with E-state index in [1.54, 1.807) is 11.5 Å². The number of fused-ring (bicyclic) bond motifs is 2. The number of halogens is 1. The van der Waals surface area contributed by atoms with E-state index in [0.717, 1.165) is 47.4 Å². The summed E-state index contributed by atoms with van der Waals surface area (Å²) in [6.45, 7) is 1.82. The molecule has 3 aromatic rings. The largest absolute Gasteiger partial charge is 0.396 e. The van der Waals surface area contributed by atoms with Crippen LogP contribution in [0.3, 0.4) is 0 Å². The molecule has 2 aliphatic rings. The highest BCUT2D eigenvalue weighted by Crippen LogP contribution is 2.45. The monoisotopic (exact) mass is 415 g/mol. The maximum Gasteiger partial charge on any atom is 0.329 e. The van der Waals surface area contributed by atoms with Gasteiger partial charge in [-0.2, -0.15) is 0 Å². The van der Waals surface area contributed by atoms with Crippen molar-refractivity contribution in [2.75, 3.05) is 12.3 Å². The quantitative estimate of drug-likeness (QED) is 0.572. The molecule has 2 heterocycles. The number of aliphatic hydroxyl groups is 1. The average Bonchev–Trinajstić information content (AvgIpc) is 3.43. The van der Waals surface area contributed by atoms with Crippen LogP contribution in [0.25, 0.3) is 21.3 Å². The molecule has 4 N–H and O–H groups in total. The van der Waals surface area contributed by atoms with Crippen molar-refractivity contribution in [2.45, 2.75) is 51.0 Å². The highest BCUT2D eigenvalue weighted by atomic mass is 32.1. The number of nitrogens with two attached hydrogens (primary N) is 1. The molecular weight excluding hydrogens is 393 g/mol. The first kappa shape index (κ1) is 18.6. The molecule has 0 spiro atoms. The SMILES string of the molecule is Cc1c(-c2cc3c(s2)CCCC3CO)c(F)c(N)c2c(=O)[nH]c(=O)n(C3CC3)c12. The van der Waals surface area contributed by atoms with E-state index in [1.165, 1.54) is 11.3 Å². The number of anilines is 1. The molecule has 1 saturated carbocycles. The molecular formula is C21H22FN3O3S. The molecule has 8 heteroatoms. The summed E-state index contributed by atoms with van der Waals surface area (Å²) < 4.78 is 17.0. The van der Waals surface area contributed by atoms with Gasteiger partial charge in [0.2, 0.25) is 0 Å². The van der Waals surface area contributed by atoms with E-state index < -0.39 is 17.1 Å². The molecule has 1 unspecified atom stereocenters. The lowest BCUT2D eigenvalue weighted by Gasteiger charge is -2.19. The zero-order chi connectivity index (χ0) is 20.4. The third-order valence-corrected chi connectivity index (χ3v) is 7.44. The molecule has 0 amide bonds. The van der Waals surface area contributed by atoms with Crippen LogP contribution in [0.5, 0.6) is 0 Å². The van der Waals surface area contributed by atoms with Gasteiger partial charge >= 0.3 is 5.69 Å². The second kappa shape index (κ2) is 6.53. The van der Waals surface area contributed by atoms with Crippen molar-refractivity contribution in [3.05, 3.63) is 48.7 Å². The van der Waals surface area contributed by atoms with E-state index in [0.29, 0.717) is 16.6 Å². The molecule has 0 radical (unpaired) electrons. The first-order valence-electron chi connectivity index (χ1n) is 9.92. The Kier molecular flexibility index (Phi) is 4.18. The molecule has 152 valence electrons. The number of aliphatic hydroxyl groups excluding tert-OH is 1. The molecule has 0 saturated heterocycles. The fourth-order valence-electron chi connectivity index (χ4n) is 4.63. The highest BCUT2D eigenvalue weighted by molar-refractivity contribution is 7.15. The van der Waals surface area contributed by atoms with Gasteiger partial charge in [0.1, 0.15) is 0 Å². The molecule has 0 bridgehead atoms. The van der Waals surface area contributed by atoms with Gasteiger partial charge in [0, 0.05) is 33.9 Å². The molecule has 5 rings (SSSR count). The lowest BCUT2D eigenvalue weighted by Crippen LogP contribution is -2.31. The van der Waals surface area contributed by atoms with Crippen molar-refractivity contribution < 1.29 is 9.50 Å². The molecule has 0 aliphatic heterocycles. The van der Waals surface area contributed by atoms with Gasteiger partial charge in [-0.05, 0) is 56.2 Å². The number of aromatic amines is 1. The molecule has 2 aromatic heterocycles. The number of nitrogens with one attached hydrogen (secondary N) is 1. The smallest absolute Gasteiger partial charge is 0.329 e. The molecule has 1 aromatic carbocycles. The van der Waals surface area contributed by atoms with Gasteiger partial charge in [-0.15, -0.1) is 11.3 Å². The van der Waals surface area contributed by atoms with Crippen LogP contribution in [-0.4, -0.2) is 21.3 Å². The molecule has 1 atom stereocenters. The number of aryl methyl sites for hydroxylation is 2. The van der Waals surface area contributed by atoms with Crippen molar-refractivity contribution in [1.82, 2.24) is 9.55 Å². The van der Waals surface area contributed by atoms with Gasteiger partial charge in [0.25, 0.3) is 5.56 Å². The van der Waals surface area contributed by atoms with E-state index in [1.807, 2.05) is 6.07 Å². The standard InChI is InChI=1S/C21H22FN3O3S/c1-9-15(14-7-12-10(8-26)3-2-4-13(12)29-14)17(22)18(23)16-19(9)25(11-5-6-11)21(28)24-20(16)27/h7,10-11,26H,2-6,8,23H2,1H3,(H,24,27,28). The number of rotatable bonds is 3. The summed E-state index contributed by atoms with van der Waals surface area (Å²) in [5.74, 6) is -0.557. The minimum Gasteiger partial charge on any atom is -0.396 e. The normalized spacial score (nSPS) is 18.9. The fourth-order valence-corrected chi connectivity index (χ4v) is 6.02. The van der Waals surface area contributed by atoms with E-state index in [-0.39, 0.29) is 29.6 Å². The topological polar surface area (TPSA) is 101 Å². The number of thiophene rings is 1. The predicted octanol–water partition coefficient (Wildman–Crippen LogP) is 3.20. The van der Waals surface area contributed by atoms with E-state index in [9.17, 15) is 14.7 Å². The van der Waals surface area contributed by atoms with Crippen molar-refractivity contribution in [3.8, 4) is 10.4 Å². The Labute approximate surface area is 169 Å². The van der Waals surface area contributed by atoms with Crippen LogP contribution < -0.4 is 17.0 Å².